The van der Waals surface area contributed by atoms with Crippen LogP contribution in [0.15, 0.2) is 97.1 Å². The summed E-state index contributed by atoms with van der Waals surface area (Å²) < 4.78 is 5.62. The largest absolute Gasteiger partial charge is 0.483 e. The Hall–Kier alpha value is -4.12. The molecule has 0 atom stereocenters. The Bertz CT molecular complexity index is 1170. The lowest BCUT2D eigenvalue weighted by Crippen LogP contribution is -2.43. The smallest absolute Gasteiger partial charge is 0.276 e. The van der Waals surface area contributed by atoms with Gasteiger partial charge in [-0.2, -0.15) is 0 Å². The van der Waals surface area contributed by atoms with E-state index in [0.717, 1.165) is 21.9 Å². The number of nitrogens with one attached hydrogen (secondary N) is 2. The summed E-state index contributed by atoms with van der Waals surface area (Å²) >= 11 is 0. The summed E-state index contributed by atoms with van der Waals surface area (Å²) in [7, 11) is 0. The quantitative estimate of drug-likeness (QED) is 0.493. The molecule has 0 radical (unpaired) electrons. The minimum Gasteiger partial charge on any atom is -0.483 e. The fraction of sp³-hybridized carbons (Fsp3) is 0.0400. The summed E-state index contributed by atoms with van der Waals surface area (Å²) in [5, 5.41) is 1.96. The number of benzene rings is 4. The molecule has 0 aliphatic rings. The lowest BCUT2D eigenvalue weighted by Gasteiger charge is -2.11. The number of amides is 2. The van der Waals surface area contributed by atoms with Crippen molar-refractivity contribution in [1.29, 1.82) is 0 Å². The number of rotatable bonds is 5. The van der Waals surface area contributed by atoms with E-state index in [9.17, 15) is 9.59 Å². The molecule has 0 aromatic heterocycles. The second-order valence-corrected chi connectivity index (χ2v) is 6.71. The van der Waals surface area contributed by atoms with Crippen LogP contribution in [0, 0.1) is 0 Å². The van der Waals surface area contributed by atoms with Crippen molar-refractivity contribution in [2.45, 2.75) is 0 Å². The molecule has 4 rings (SSSR count). The second kappa shape index (κ2) is 8.92. The Morgan fingerprint density at radius 1 is 0.667 bits per heavy atom. The third kappa shape index (κ3) is 4.47. The molecule has 0 aliphatic carbocycles. The van der Waals surface area contributed by atoms with Gasteiger partial charge in [-0.15, -0.1) is 0 Å². The number of ether oxygens (including phenoxy) is 1. The molecule has 0 bridgehead atoms. The average Bonchev–Trinajstić information content (AvgIpc) is 2.82. The molecule has 4 aromatic carbocycles. The lowest BCUT2D eigenvalue weighted by molar-refractivity contribution is -0.123. The van der Waals surface area contributed by atoms with E-state index in [4.69, 9.17) is 4.74 Å². The molecule has 0 fully saturated rings. The Morgan fingerprint density at radius 2 is 1.33 bits per heavy atom. The zero-order valence-electron chi connectivity index (χ0n) is 16.2. The van der Waals surface area contributed by atoms with Gasteiger partial charge in [0.2, 0.25) is 0 Å². The van der Waals surface area contributed by atoms with Gasteiger partial charge >= 0.3 is 0 Å². The van der Waals surface area contributed by atoms with Crippen LogP contribution >= 0.6 is 0 Å². The molecule has 4 aromatic rings. The van der Waals surface area contributed by atoms with Gasteiger partial charge in [-0.05, 0) is 34.7 Å². The van der Waals surface area contributed by atoms with E-state index in [-0.39, 0.29) is 6.61 Å². The molecule has 5 heteroatoms. The second-order valence-electron chi connectivity index (χ2n) is 6.71. The number of hydrogen-bond acceptors (Lipinski definition) is 3. The molecule has 0 saturated carbocycles. The molecular weight excluding hydrogens is 376 g/mol. The van der Waals surface area contributed by atoms with Crippen molar-refractivity contribution in [2.75, 3.05) is 6.61 Å². The summed E-state index contributed by atoms with van der Waals surface area (Å²) in [6, 6.07) is 30.5. The molecule has 30 heavy (non-hydrogen) atoms. The zero-order valence-corrected chi connectivity index (χ0v) is 16.2. The van der Waals surface area contributed by atoms with Crippen LogP contribution in [-0.4, -0.2) is 18.4 Å². The van der Waals surface area contributed by atoms with Gasteiger partial charge in [0.15, 0.2) is 6.61 Å². The van der Waals surface area contributed by atoms with Crippen LogP contribution in [0.5, 0.6) is 5.75 Å². The minimum absolute atomic E-state index is 0.207. The van der Waals surface area contributed by atoms with Crippen molar-refractivity contribution in [2.24, 2.45) is 0 Å². The lowest BCUT2D eigenvalue weighted by atomic mass is 10.0. The van der Waals surface area contributed by atoms with Crippen molar-refractivity contribution >= 4 is 22.6 Å². The molecular formula is C25H20N2O3. The van der Waals surface area contributed by atoms with Crippen LogP contribution in [0.4, 0.5) is 0 Å². The van der Waals surface area contributed by atoms with E-state index in [2.05, 4.69) is 10.9 Å². The molecule has 148 valence electrons. The highest BCUT2D eigenvalue weighted by Gasteiger charge is 2.09. The van der Waals surface area contributed by atoms with Crippen molar-refractivity contribution < 1.29 is 14.3 Å². The normalized spacial score (nSPS) is 10.4. The minimum atomic E-state index is -0.447. The van der Waals surface area contributed by atoms with Gasteiger partial charge in [-0.25, -0.2) is 0 Å². The fourth-order valence-electron chi connectivity index (χ4n) is 3.14. The highest BCUT2D eigenvalue weighted by molar-refractivity contribution is 5.96. The van der Waals surface area contributed by atoms with E-state index in [1.54, 1.807) is 12.1 Å². The average molecular weight is 396 g/mol. The number of carbonyl (C=O) groups excluding carboxylic acids is 2. The summed E-state index contributed by atoms with van der Waals surface area (Å²) in [4.78, 5) is 24.4. The van der Waals surface area contributed by atoms with Crippen molar-refractivity contribution in [3.05, 3.63) is 103 Å². The number of fused-ring (bicyclic) bond motifs is 1. The topological polar surface area (TPSA) is 67.4 Å². The first-order valence-corrected chi connectivity index (χ1v) is 9.56. The summed E-state index contributed by atoms with van der Waals surface area (Å²) in [6.45, 7) is -0.207. The highest BCUT2D eigenvalue weighted by Crippen LogP contribution is 2.25. The van der Waals surface area contributed by atoms with Gasteiger partial charge in [0.05, 0.1) is 0 Å². The first kappa shape index (κ1) is 19.2. The standard InChI is InChI=1S/C25H20N2O3/c28-24(17-30-23-12-6-10-20-9-4-5-11-22(20)23)26-27-25(29)21-15-13-19(14-16-21)18-7-2-1-3-8-18/h1-16H,17H2,(H,26,28)(H,27,29). The summed E-state index contributed by atoms with van der Waals surface area (Å²) in [5.41, 5.74) is 7.33. The predicted molar refractivity (Wildman–Crippen MR) is 117 cm³/mol. The van der Waals surface area contributed by atoms with Crippen molar-refractivity contribution in [3.8, 4) is 16.9 Å². The molecule has 2 N–H and O–H groups in total. The van der Waals surface area contributed by atoms with Crippen LogP contribution in [0.25, 0.3) is 21.9 Å². The number of carbonyl (C=O) groups is 2. The first-order chi connectivity index (χ1) is 14.7. The maximum absolute atomic E-state index is 12.3. The van der Waals surface area contributed by atoms with Gasteiger partial charge in [0.25, 0.3) is 11.8 Å². The molecule has 0 unspecified atom stereocenters. The van der Waals surface area contributed by atoms with E-state index in [0.29, 0.717) is 11.3 Å². The fourth-order valence-corrected chi connectivity index (χ4v) is 3.14. The molecule has 5 nitrogen and oxygen atoms in total. The molecule has 0 saturated heterocycles. The SMILES string of the molecule is O=C(COc1cccc2ccccc12)NNC(=O)c1ccc(-c2ccccc2)cc1. The Morgan fingerprint density at radius 3 is 2.13 bits per heavy atom. The zero-order chi connectivity index (χ0) is 20.8. The van der Waals surface area contributed by atoms with Gasteiger partial charge in [0, 0.05) is 10.9 Å². The predicted octanol–water partition coefficient (Wildman–Crippen LogP) is 4.35. The maximum atomic E-state index is 12.3. The third-order valence-corrected chi connectivity index (χ3v) is 4.68. The Kier molecular flexibility index (Phi) is 5.71. The molecule has 0 heterocycles. The van der Waals surface area contributed by atoms with E-state index in [1.165, 1.54) is 0 Å². The van der Waals surface area contributed by atoms with Crippen LogP contribution in [0.2, 0.25) is 0 Å². The summed E-state index contributed by atoms with van der Waals surface area (Å²) in [6.07, 6.45) is 0. The van der Waals surface area contributed by atoms with Crippen molar-refractivity contribution in [3.63, 3.8) is 0 Å². The van der Waals surface area contributed by atoms with Crippen LogP contribution < -0.4 is 15.6 Å². The highest BCUT2D eigenvalue weighted by atomic mass is 16.5. The Labute approximate surface area is 174 Å². The molecule has 0 spiro atoms. The van der Waals surface area contributed by atoms with E-state index >= 15 is 0 Å². The maximum Gasteiger partial charge on any atom is 0.276 e. The van der Waals surface area contributed by atoms with Gasteiger partial charge in [-0.1, -0.05) is 78.9 Å². The monoisotopic (exact) mass is 396 g/mol. The van der Waals surface area contributed by atoms with Crippen molar-refractivity contribution in [1.82, 2.24) is 10.9 Å². The van der Waals surface area contributed by atoms with Gasteiger partial charge in [0.1, 0.15) is 5.75 Å². The van der Waals surface area contributed by atoms with Crippen LogP contribution in [0.1, 0.15) is 10.4 Å². The van der Waals surface area contributed by atoms with Gasteiger partial charge in [-0.3, -0.25) is 20.4 Å². The number of hydrazine groups is 1. The molecule has 2 amide bonds. The van der Waals surface area contributed by atoms with Crippen LogP contribution in [0.3, 0.4) is 0 Å². The first-order valence-electron chi connectivity index (χ1n) is 9.56. The Balaban J connectivity index is 1.31. The van der Waals surface area contributed by atoms with Gasteiger partial charge < -0.3 is 4.74 Å². The van der Waals surface area contributed by atoms with E-state index in [1.807, 2.05) is 84.9 Å². The summed E-state index contributed by atoms with van der Waals surface area (Å²) in [5.74, 6) is -0.226. The third-order valence-electron chi connectivity index (χ3n) is 4.68. The molecule has 0 aliphatic heterocycles. The van der Waals surface area contributed by atoms with Crippen LogP contribution in [-0.2, 0) is 4.79 Å². The number of hydrogen-bond donors (Lipinski definition) is 2. The van der Waals surface area contributed by atoms with E-state index < -0.39 is 11.8 Å².